The summed E-state index contributed by atoms with van der Waals surface area (Å²) in [4.78, 5) is 43.0. The third-order valence-electron chi connectivity index (χ3n) is 6.18. The number of rotatable bonds is 0. The first-order valence-electron chi connectivity index (χ1n) is 9.81. The number of anilines is 1. The lowest BCUT2D eigenvalue weighted by Gasteiger charge is -2.53. The first-order chi connectivity index (χ1) is 12.8. The maximum Gasteiger partial charge on any atom is 0.331 e. The van der Waals surface area contributed by atoms with Crippen molar-refractivity contribution in [1.82, 2.24) is 10.2 Å². The van der Waals surface area contributed by atoms with E-state index < -0.39 is 22.9 Å². The minimum atomic E-state index is -1.25. The molecule has 0 saturated carbocycles. The Balaban J connectivity index is 1.90. The third kappa shape index (κ3) is 2.57. The van der Waals surface area contributed by atoms with Crippen LogP contribution in [0, 0.1) is 5.41 Å². The number of imide groups is 2. The van der Waals surface area contributed by atoms with Crippen LogP contribution in [-0.2, 0) is 16.0 Å². The second-order valence-electron chi connectivity index (χ2n) is 8.91. The topological polar surface area (TPSA) is 69.7 Å². The fourth-order valence-corrected chi connectivity index (χ4v) is 4.98. The molecule has 0 bridgehead atoms. The number of fused-ring (bicyclic) bond motifs is 4. The van der Waals surface area contributed by atoms with Crippen LogP contribution in [0.1, 0.15) is 52.0 Å². The highest BCUT2D eigenvalue weighted by Gasteiger charge is 2.63. The Kier molecular flexibility index (Phi) is 4.05. The summed E-state index contributed by atoms with van der Waals surface area (Å²) in [5, 5.41) is 2.51. The molecule has 144 valence electrons. The van der Waals surface area contributed by atoms with Crippen LogP contribution in [0.3, 0.4) is 0 Å². The summed E-state index contributed by atoms with van der Waals surface area (Å²) in [6.45, 7) is 6.31. The van der Waals surface area contributed by atoms with Crippen LogP contribution in [0.5, 0.6) is 0 Å². The Morgan fingerprint density at radius 2 is 1.81 bits per heavy atom. The fourth-order valence-electron chi connectivity index (χ4n) is 4.98. The van der Waals surface area contributed by atoms with Gasteiger partial charge in [0.05, 0.1) is 6.04 Å². The second kappa shape index (κ2) is 6.08. The number of nitrogens with one attached hydrogen (secondary N) is 1. The normalized spacial score (nSPS) is 28.6. The molecule has 1 aromatic rings. The van der Waals surface area contributed by atoms with Crippen molar-refractivity contribution in [2.24, 2.45) is 5.41 Å². The molecular formula is C21H27N3O3. The van der Waals surface area contributed by atoms with Gasteiger partial charge in [0.1, 0.15) is 0 Å². The maximum absolute atomic E-state index is 13.8. The Hall–Kier alpha value is -2.37. The van der Waals surface area contributed by atoms with Crippen LogP contribution >= 0.6 is 0 Å². The molecule has 27 heavy (non-hydrogen) atoms. The van der Waals surface area contributed by atoms with Crippen molar-refractivity contribution in [3.05, 3.63) is 29.8 Å². The lowest BCUT2D eigenvalue weighted by Crippen LogP contribution is -2.74. The van der Waals surface area contributed by atoms with Gasteiger partial charge in [-0.05, 0) is 51.7 Å². The first kappa shape index (κ1) is 18.0. The van der Waals surface area contributed by atoms with Gasteiger partial charge in [-0.2, -0.15) is 0 Å². The van der Waals surface area contributed by atoms with E-state index >= 15 is 0 Å². The van der Waals surface area contributed by atoms with Gasteiger partial charge >= 0.3 is 6.03 Å². The molecule has 4 rings (SSSR count). The quantitative estimate of drug-likeness (QED) is 0.714. The van der Waals surface area contributed by atoms with E-state index in [0.717, 1.165) is 43.5 Å². The zero-order chi connectivity index (χ0) is 19.4. The molecule has 2 unspecified atom stereocenters. The smallest absolute Gasteiger partial charge is 0.331 e. The highest BCUT2D eigenvalue weighted by atomic mass is 16.2. The van der Waals surface area contributed by atoms with Crippen molar-refractivity contribution >= 4 is 23.5 Å². The van der Waals surface area contributed by atoms with Gasteiger partial charge in [0.2, 0.25) is 11.8 Å². The van der Waals surface area contributed by atoms with E-state index in [2.05, 4.69) is 16.3 Å². The van der Waals surface area contributed by atoms with Crippen molar-refractivity contribution in [2.75, 3.05) is 11.4 Å². The summed E-state index contributed by atoms with van der Waals surface area (Å²) in [6, 6.07) is 7.20. The molecule has 6 nitrogen and oxygen atoms in total. The fraction of sp³-hybridized carbons (Fsp3) is 0.571. The summed E-state index contributed by atoms with van der Waals surface area (Å²) in [5.41, 5.74) is 0.179. The van der Waals surface area contributed by atoms with Gasteiger partial charge in [0.25, 0.3) is 0 Å². The van der Waals surface area contributed by atoms with Gasteiger partial charge in [0.15, 0.2) is 5.41 Å². The minimum absolute atomic E-state index is 0.222. The molecule has 4 amide bonds. The van der Waals surface area contributed by atoms with Crippen molar-refractivity contribution in [3.63, 3.8) is 0 Å². The predicted molar refractivity (Wildman–Crippen MR) is 102 cm³/mol. The maximum atomic E-state index is 13.8. The van der Waals surface area contributed by atoms with Gasteiger partial charge in [-0.25, -0.2) is 4.79 Å². The summed E-state index contributed by atoms with van der Waals surface area (Å²) >= 11 is 0. The molecule has 0 aliphatic carbocycles. The lowest BCUT2D eigenvalue weighted by atomic mass is 9.67. The molecule has 2 atom stereocenters. The lowest BCUT2D eigenvalue weighted by molar-refractivity contribution is -0.156. The van der Waals surface area contributed by atoms with Gasteiger partial charge in [0, 0.05) is 17.8 Å². The summed E-state index contributed by atoms with van der Waals surface area (Å²) in [5.74, 6) is -0.792. The van der Waals surface area contributed by atoms with Gasteiger partial charge in [-0.3, -0.25) is 19.8 Å². The van der Waals surface area contributed by atoms with Gasteiger partial charge in [-0.1, -0.05) is 31.0 Å². The van der Waals surface area contributed by atoms with Crippen LogP contribution < -0.4 is 10.2 Å². The molecule has 1 spiro atoms. The van der Waals surface area contributed by atoms with Crippen LogP contribution in [0.25, 0.3) is 0 Å². The minimum Gasteiger partial charge on any atom is -0.367 e. The first-order valence-corrected chi connectivity index (χ1v) is 9.81. The molecule has 2 saturated heterocycles. The van der Waals surface area contributed by atoms with Crippen LogP contribution in [0.2, 0.25) is 0 Å². The summed E-state index contributed by atoms with van der Waals surface area (Å²) in [6.07, 6.45) is 4.23. The Morgan fingerprint density at radius 1 is 1.07 bits per heavy atom. The number of hydrogen-bond acceptors (Lipinski definition) is 4. The monoisotopic (exact) mass is 369 g/mol. The number of barbiturate groups is 1. The number of amides is 4. The Bertz CT molecular complexity index is 813. The number of urea groups is 1. The van der Waals surface area contributed by atoms with Crippen molar-refractivity contribution in [3.8, 4) is 0 Å². The number of carbonyl (C=O) groups is 3. The highest BCUT2D eigenvalue weighted by Crippen LogP contribution is 2.47. The average molecular weight is 369 g/mol. The molecule has 1 N–H and O–H groups in total. The van der Waals surface area contributed by atoms with E-state index in [1.165, 1.54) is 4.90 Å². The van der Waals surface area contributed by atoms with E-state index in [0.29, 0.717) is 6.42 Å². The van der Waals surface area contributed by atoms with E-state index in [9.17, 15) is 14.4 Å². The third-order valence-corrected chi connectivity index (χ3v) is 6.18. The van der Waals surface area contributed by atoms with Crippen molar-refractivity contribution < 1.29 is 14.4 Å². The SMILES string of the molecule is CC(C)(C)N1C(=O)NC(=O)C2(Cc3ccccc3N3CCCCCC32)C1=O. The molecular weight excluding hydrogens is 342 g/mol. The van der Waals surface area contributed by atoms with E-state index in [1.54, 1.807) is 0 Å². The molecule has 0 radical (unpaired) electrons. The van der Waals surface area contributed by atoms with Gasteiger partial charge in [-0.15, -0.1) is 0 Å². The molecule has 2 fully saturated rings. The van der Waals surface area contributed by atoms with Crippen LogP contribution in [-0.4, -0.2) is 40.9 Å². The molecule has 3 aliphatic rings. The number of para-hydroxylation sites is 1. The zero-order valence-electron chi connectivity index (χ0n) is 16.2. The average Bonchev–Trinajstić information content (AvgIpc) is 2.85. The number of nitrogens with zero attached hydrogens (tertiary/aromatic N) is 2. The standard InChI is InChI=1S/C21H27N3O3/c1-20(2,3)24-18(26)21(17(25)22-19(24)27)13-14-9-6-7-10-15(14)23-12-8-4-5-11-16(21)23/h6-7,9-10,16H,4-5,8,11-13H2,1-3H3,(H,22,25,27). The number of carbonyl (C=O) groups excluding carboxylic acids is 3. The van der Waals surface area contributed by atoms with Crippen LogP contribution in [0.4, 0.5) is 10.5 Å². The molecule has 3 aliphatic heterocycles. The van der Waals surface area contributed by atoms with E-state index in [4.69, 9.17) is 0 Å². The van der Waals surface area contributed by atoms with Crippen molar-refractivity contribution in [2.45, 2.75) is 64.5 Å². The van der Waals surface area contributed by atoms with Crippen molar-refractivity contribution in [1.29, 1.82) is 0 Å². The Morgan fingerprint density at radius 3 is 2.56 bits per heavy atom. The zero-order valence-corrected chi connectivity index (χ0v) is 16.2. The summed E-state index contributed by atoms with van der Waals surface area (Å²) < 4.78 is 0. The number of hydrogen-bond donors (Lipinski definition) is 1. The summed E-state index contributed by atoms with van der Waals surface area (Å²) in [7, 11) is 0. The molecule has 0 aromatic heterocycles. The van der Waals surface area contributed by atoms with E-state index in [-0.39, 0.29) is 11.9 Å². The van der Waals surface area contributed by atoms with E-state index in [1.807, 2.05) is 39.0 Å². The van der Waals surface area contributed by atoms with Gasteiger partial charge < -0.3 is 4.90 Å². The molecule has 3 heterocycles. The highest BCUT2D eigenvalue weighted by molar-refractivity contribution is 6.20. The molecule has 1 aromatic carbocycles. The largest absolute Gasteiger partial charge is 0.367 e. The number of benzene rings is 1. The van der Waals surface area contributed by atoms with Crippen LogP contribution in [0.15, 0.2) is 24.3 Å². The second-order valence-corrected chi connectivity index (χ2v) is 8.91. The predicted octanol–water partition coefficient (Wildman–Crippen LogP) is 2.86. The Labute approximate surface area is 159 Å². The molecule has 6 heteroatoms.